The summed E-state index contributed by atoms with van der Waals surface area (Å²) in [6.45, 7) is 6.85. The van der Waals surface area contributed by atoms with Crippen molar-refractivity contribution >= 4 is 17.2 Å². The standard InChI is InChI=1S/C25H25N3O3/c1-4-30-22-13-12-18(15-23(22)31-5-2)25(29)27-20-11-7-6-10-19(20)21-16-28-14-8-9-17(3)24(28)26-21/h6-16H,4-5H2,1-3H3,(H,27,29). The lowest BCUT2D eigenvalue weighted by atomic mass is 10.1. The second kappa shape index (κ2) is 8.92. The average Bonchev–Trinajstić information content (AvgIpc) is 3.21. The molecule has 1 N–H and O–H groups in total. The molecule has 2 heterocycles. The van der Waals surface area contributed by atoms with Crippen LogP contribution in [0.1, 0.15) is 29.8 Å². The summed E-state index contributed by atoms with van der Waals surface area (Å²) in [7, 11) is 0. The van der Waals surface area contributed by atoms with Crippen molar-refractivity contribution in [2.45, 2.75) is 20.8 Å². The number of para-hydroxylation sites is 1. The molecule has 31 heavy (non-hydrogen) atoms. The fraction of sp³-hybridized carbons (Fsp3) is 0.200. The number of nitrogens with zero attached hydrogens (tertiary/aromatic N) is 2. The molecule has 0 aliphatic carbocycles. The monoisotopic (exact) mass is 415 g/mol. The Bertz CT molecular complexity index is 1230. The first-order chi connectivity index (χ1) is 15.1. The van der Waals surface area contributed by atoms with E-state index in [-0.39, 0.29) is 5.91 Å². The highest BCUT2D eigenvalue weighted by Crippen LogP contribution is 2.31. The van der Waals surface area contributed by atoms with Gasteiger partial charge >= 0.3 is 0 Å². The summed E-state index contributed by atoms with van der Waals surface area (Å²) >= 11 is 0. The van der Waals surface area contributed by atoms with E-state index in [1.165, 1.54) is 0 Å². The van der Waals surface area contributed by atoms with Gasteiger partial charge in [-0.05, 0) is 56.7 Å². The van der Waals surface area contributed by atoms with Crippen LogP contribution in [0.4, 0.5) is 5.69 Å². The van der Waals surface area contributed by atoms with Crippen molar-refractivity contribution in [3.05, 3.63) is 78.1 Å². The average molecular weight is 415 g/mol. The van der Waals surface area contributed by atoms with Gasteiger partial charge in [-0.3, -0.25) is 4.79 Å². The van der Waals surface area contributed by atoms with Gasteiger partial charge in [-0.15, -0.1) is 0 Å². The highest BCUT2D eigenvalue weighted by atomic mass is 16.5. The number of hydrogen-bond acceptors (Lipinski definition) is 4. The van der Waals surface area contributed by atoms with E-state index < -0.39 is 0 Å². The maximum atomic E-state index is 13.0. The van der Waals surface area contributed by atoms with Crippen LogP contribution < -0.4 is 14.8 Å². The summed E-state index contributed by atoms with van der Waals surface area (Å²) in [6.07, 6.45) is 3.94. The zero-order chi connectivity index (χ0) is 21.8. The van der Waals surface area contributed by atoms with Crippen molar-refractivity contribution in [3.63, 3.8) is 0 Å². The van der Waals surface area contributed by atoms with Crippen molar-refractivity contribution in [2.24, 2.45) is 0 Å². The number of amides is 1. The number of ether oxygens (including phenoxy) is 2. The van der Waals surface area contributed by atoms with Crippen molar-refractivity contribution in [1.82, 2.24) is 9.38 Å². The molecule has 0 spiro atoms. The maximum absolute atomic E-state index is 13.0. The second-order valence-corrected chi connectivity index (χ2v) is 7.08. The minimum Gasteiger partial charge on any atom is -0.490 e. The summed E-state index contributed by atoms with van der Waals surface area (Å²) in [5, 5.41) is 3.02. The summed E-state index contributed by atoms with van der Waals surface area (Å²) < 4.78 is 13.2. The molecule has 6 nitrogen and oxygen atoms in total. The van der Waals surface area contributed by atoms with Gasteiger partial charge in [0.15, 0.2) is 11.5 Å². The minimum absolute atomic E-state index is 0.226. The number of rotatable bonds is 7. The molecule has 0 atom stereocenters. The molecule has 0 radical (unpaired) electrons. The summed E-state index contributed by atoms with van der Waals surface area (Å²) in [6, 6.07) is 16.9. The van der Waals surface area contributed by atoms with Gasteiger partial charge in [0.05, 0.1) is 24.6 Å². The molecule has 0 aliphatic heterocycles. The van der Waals surface area contributed by atoms with Gasteiger partial charge in [-0.25, -0.2) is 4.98 Å². The van der Waals surface area contributed by atoms with Crippen LogP contribution in [-0.2, 0) is 0 Å². The zero-order valence-corrected chi connectivity index (χ0v) is 17.9. The molecule has 2 aromatic heterocycles. The van der Waals surface area contributed by atoms with E-state index in [1.54, 1.807) is 18.2 Å². The molecule has 0 saturated carbocycles. The predicted molar refractivity (Wildman–Crippen MR) is 122 cm³/mol. The van der Waals surface area contributed by atoms with Crippen LogP contribution in [0.3, 0.4) is 0 Å². The van der Waals surface area contributed by atoms with Crippen molar-refractivity contribution in [3.8, 4) is 22.8 Å². The van der Waals surface area contributed by atoms with Gasteiger partial charge in [0.1, 0.15) is 5.65 Å². The van der Waals surface area contributed by atoms with Crippen LogP contribution in [0.5, 0.6) is 11.5 Å². The van der Waals surface area contributed by atoms with Gasteiger partial charge in [0.25, 0.3) is 5.91 Å². The molecule has 158 valence electrons. The number of fused-ring (bicyclic) bond motifs is 1. The van der Waals surface area contributed by atoms with Gasteiger partial charge in [-0.2, -0.15) is 0 Å². The van der Waals surface area contributed by atoms with E-state index in [0.29, 0.717) is 36.0 Å². The SMILES string of the molecule is CCOc1ccc(C(=O)Nc2ccccc2-c2cn3cccc(C)c3n2)cc1OCC. The van der Waals surface area contributed by atoms with Crippen LogP contribution in [-0.4, -0.2) is 28.5 Å². The number of benzene rings is 2. The Labute approximate surface area is 181 Å². The third-order valence-corrected chi connectivity index (χ3v) is 4.93. The van der Waals surface area contributed by atoms with Crippen LogP contribution in [0.2, 0.25) is 0 Å². The largest absolute Gasteiger partial charge is 0.490 e. The molecule has 1 amide bonds. The van der Waals surface area contributed by atoms with Crippen molar-refractivity contribution in [2.75, 3.05) is 18.5 Å². The second-order valence-electron chi connectivity index (χ2n) is 7.08. The molecule has 6 heteroatoms. The smallest absolute Gasteiger partial charge is 0.255 e. The number of carbonyl (C=O) groups excluding carboxylic acids is 1. The highest BCUT2D eigenvalue weighted by molar-refractivity contribution is 6.06. The Balaban J connectivity index is 1.65. The molecule has 0 fully saturated rings. The third kappa shape index (κ3) is 4.23. The van der Waals surface area contributed by atoms with Crippen molar-refractivity contribution < 1.29 is 14.3 Å². The Kier molecular flexibility index (Phi) is 5.89. The van der Waals surface area contributed by atoms with Crippen LogP contribution in [0.25, 0.3) is 16.9 Å². The number of carbonyl (C=O) groups is 1. The Morgan fingerprint density at radius 3 is 2.55 bits per heavy atom. The number of aryl methyl sites for hydroxylation is 1. The molecule has 0 bridgehead atoms. The fourth-order valence-electron chi connectivity index (χ4n) is 3.49. The van der Waals surface area contributed by atoms with Gasteiger partial charge < -0.3 is 19.2 Å². The molecule has 0 saturated heterocycles. The Hall–Kier alpha value is -3.80. The number of aromatic nitrogens is 2. The van der Waals surface area contributed by atoms with E-state index >= 15 is 0 Å². The van der Waals surface area contributed by atoms with E-state index in [1.807, 2.05) is 74.0 Å². The molecular formula is C25H25N3O3. The normalized spacial score (nSPS) is 10.8. The summed E-state index contributed by atoms with van der Waals surface area (Å²) in [5.41, 5.74) is 4.83. The van der Waals surface area contributed by atoms with Crippen LogP contribution >= 0.6 is 0 Å². The van der Waals surface area contributed by atoms with Crippen LogP contribution in [0, 0.1) is 6.92 Å². The van der Waals surface area contributed by atoms with Crippen molar-refractivity contribution in [1.29, 1.82) is 0 Å². The van der Waals surface area contributed by atoms with Gasteiger partial charge in [-0.1, -0.05) is 24.3 Å². The molecule has 0 aliphatic rings. The fourth-order valence-corrected chi connectivity index (χ4v) is 3.49. The molecule has 2 aromatic carbocycles. The number of imidazole rings is 1. The van der Waals surface area contributed by atoms with E-state index in [4.69, 9.17) is 14.5 Å². The summed E-state index contributed by atoms with van der Waals surface area (Å²) in [4.78, 5) is 17.8. The predicted octanol–water partition coefficient (Wildman–Crippen LogP) is 5.36. The lowest BCUT2D eigenvalue weighted by Crippen LogP contribution is -2.13. The Morgan fingerprint density at radius 2 is 1.77 bits per heavy atom. The Morgan fingerprint density at radius 1 is 1.00 bits per heavy atom. The first-order valence-electron chi connectivity index (χ1n) is 10.4. The van der Waals surface area contributed by atoms with Gasteiger partial charge in [0, 0.05) is 23.5 Å². The maximum Gasteiger partial charge on any atom is 0.255 e. The van der Waals surface area contributed by atoms with Gasteiger partial charge in [0.2, 0.25) is 0 Å². The lowest BCUT2D eigenvalue weighted by Gasteiger charge is -2.13. The quantitative estimate of drug-likeness (QED) is 0.441. The summed E-state index contributed by atoms with van der Waals surface area (Å²) in [5.74, 6) is 0.957. The highest BCUT2D eigenvalue weighted by Gasteiger charge is 2.15. The molecule has 4 aromatic rings. The number of hydrogen-bond donors (Lipinski definition) is 1. The topological polar surface area (TPSA) is 64.9 Å². The first-order valence-corrected chi connectivity index (χ1v) is 10.4. The minimum atomic E-state index is -0.226. The first kappa shape index (κ1) is 20.5. The number of pyridine rings is 1. The number of anilines is 1. The third-order valence-electron chi connectivity index (χ3n) is 4.93. The van der Waals surface area contributed by atoms with E-state index in [9.17, 15) is 4.79 Å². The molecule has 0 unspecified atom stereocenters. The lowest BCUT2D eigenvalue weighted by molar-refractivity contribution is 0.102. The molecular weight excluding hydrogens is 390 g/mol. The molecule has 4 rings (SSSR count). The van der Waals surface area contributed by atoms with E-state index in [0.717, 1.165) is 22.5 Å². The zero-order valence-electron chi connectivity index (χ0n) is 17.9. The van der Waals surface area contributed by atoms with E-state index in [2.05, 4.69) is 5.32 Å². The number of nitrogens with one attached hydrogen (secondary N) is 1. The van der Waals surface area contributed by atoms with Crippen LogP contribution in [0.15, 0.2) is 67.0 Å².